The van der Waals surface area contributed by atoms with E-state index in [4.69, 9.17) is 14.2 Å². The van der Waals surface area contributed by atoms with E-state index in [1.807, 2.05) is 6.92 Å². The first-order valence-corrected chi connectivity index (χ1v) is 6.33. The molecule has 0 saturated heterocycles. The van der Waals surface area contributed by atoms with E-state index in [1.165, 1.54) is 14.2 Å². The molecule has 0 bridgehead atoms. The zero-order valence-electron chi connectivity index (χ0n) is 13.0. The summed E-state index contributed by atoms with van der Waals surface area (Å²) < 4.78 is 15.8. The van der Waals surface area contributed by atoms with Crippen LogP contribution in [-0.2, 0) is 4.79 Å². The Bertz CT molecular complexity index is 469. The van der Waals surface area contributed by atoms with E-state index in [9.17, 15) is 4.79 Å². The number of anilines is 1. The Kier molecular flexibility index (Phi) is 8.57. The third kappa shape index (κ3) is 4.68. The molecular weight excluding hydrogens is 296 g/mol. The number of ether oxygens (including phenoxy) is 3. The molecule has 1 atom stereocenters. The summed E-state index contributed by atoms with van der Waals surface area (Å²) in [5, 5.41) is 5.80. The second-order valence-corrected chi connectivity index (χ2v) is 4.33. The van der Waals surface area contributed by atoms with Crippen LogP contribution in [-0.4, -0.2) is 40.8 Å². The summed E-state index contributed by atoms with van der Waals surface area (Å²) in [7, 11) is 6.39. The van der Waals surface area contributed by atoms with Crippen molar-refractivity contribution in [1.29, 1.82) is 0 Å². The van der Waals surface area contributed by atoms with E-state index in [0.29, 0.717) is 29.5 Å². The highest BCUT2D eigenvalue weighted by atomic mass is 35.5. The average molecular weight is 319 g/mol. The first-order chi connectivity index (χ1) is 9.58. The van der Waals surface area contributed by atoms with Crippen molar-refractivity contribution < 1.29 is 19.0 Å². The summed E-state index contributed by atoms with van der Waals surface area (Å²) in [6, 6.07) is 3.45. The van der Waals surface area contributed by atoms with Crippen LogP contribution in [0.5, 0.6) is 17.2 Å². The number of rotatable bonds is 7. The fourth-order valence-electron chi connectivity index (χ4n) is 1.85. The lowest BCUT2D eigenvalue weighted by atomic mass is 10.1. The Morgan fingerprint density at radius 3 is 2.24 bits per heavy atom. The standard InChI is InChI=1S/C14H22N2O4.ClH/c1-9(8-15-2)14(17)16-10-6-7-11(18-3)13(20-5)12(10)19-4;/h6-7,9,15H,8H2,1-5H3,(H,16,17);1H. The summed E-state index contributed by atoms with van der Waals surface area (Å²) in [5.41, 5.74) is 0.554. The first-order valence-electron chi connectivity index (χ1n) is 6.33. The summed E-state index contributed by atoms with van der Waals surface area (Å²) in [6.07, 6.45) is 0. The van der Waals surface area contributed by atoms with E-state index in [1.54, 1.807) is 26.3 Å². The Labute approximate surface area is 131 Å². The van der Waals surface area contributed by atoms with Gasteiger partial charge in [-0.05, 0) is 19.2 Å². The highest BCUT2D eigenvalue weighted by Gasteiger charge is 2.19. The number of methoxy groups -OCH3 is 3. The maximum absolute atomic E-state index is 12.0. The Hall–Kier alpha value is -1.66. The highest BCUT2D eigenvalue weighted by Crippen LogP contribution is 2.42. The molecule has 7 heteroatoms. The number of amides is 1. The normalized spacial score (nSPS) is 11.1. The predicted molar refractivity (Wildman–Crippen MR) is 85.1 cm³/mol. The molecule has 21 heavy (non-hydrogen) atoms. The fourth-order valence-corrected chi connectivity index (χ4v) is 1.85. The second-order valence-electron chi connectivity index (χ2n) is 4.33. The van der Waals surface area contributed by atoms with E-state index in [-0.39, 0.29) is 24.2 Å². The van der Waals surface area contributed by atoms with Crippen LogP contribution < -0.4 is 24.8 Å². The summed E-state index contributed by atoms with van der Waals surface area (Å²) in [4.78, 5) is 12.0. The van der Waals surface area contributed by atoms with Crippen LogP contribution in [0.4, 0.5) is 5.69 Å². The van der Waals surface area contributed by atoms with Gasteiger partial charge < -0.3 is 24.8 Å². The van der Waals surface area contributed by atoms with Gasteiger partial charge in [0.2, 0.25) is 11.7 Å². The minimum atomic E-state index is -0.155. The van der Waals surface area contributed by atoms with E-state index in [2.05, 4.69) is 10.6 Å². The lowest BCUT2D eigenvalue weighted by Gasteiger charge is -2.17. The lowest BCUT2D eigenvalue weighted by Crippen LogP contribution is -2.28. The molecule has 0 aliphatic rings. The molecule has 0 aliphatic heterocycles. The number of carbonyl (C=O) groups is 1. The molecular formula is C14H23ClN2O4. The van der Waals surface area contributed by atoms with E-state index in [0.717, 1.165) is 0 Å². The van der Waals surface area contributed by atoms with Crippen LogP contribution in [0.1, 0.15) is 6.92 Å². The van der Waals surface area contributed by atoms with Gasteiger partial charge in [-0.1, -0.05) is 6.92 Å². The molecule has 0 aromatic heterocycles. The molecule has 0 heterocycles. The number of halogens is 1. The van der Waals surface area contributed by atoms with Gasteiger partial charge in [0.15, 0.2) is 11.5 Å². The smallest absolute Gasteiger partial charge is 0.228 e. The topological polar surface area (TPSA) is 68.8 Å². The molecule has 0 spiro atoms. The van der Waals surface area contributed by atoms with Gasteiger partial charge >= 0.3 is 0 Å². The molecule has 1 unspecified atom stereocenters. The zero-order valence-corrected chi connectivity index (χ0v) is 13.8. The Morgan fingerprint density at radius 2 is 1.76 bits per heavy atom. The fraction of sp³-hybridized carbons (Fsp3) is 0.500. The molecule has 0 aliphatic carbocycles. The molecule has 2 N–H and O–H groups in total. The van der Waals surface area contributed by atoms with Crippen LogP contribution >= 0.6 is 12.4 Å². The van der Waals surface area contributed by atoms with Gasteiger partial charge in [-0.3, -0.25) is 4.79 Å². The summed E-state index contributed by atoms with van der Waals surface area (Å²) in [6.45, 7) is 2.44. The van der Waals surface area contributed by atoms with Gasteiger partial charge in [0.1, 0.15) is 0 Å². The number of carbonyl (C=O) groups excluding carboxylic acids is 1. The second kappa shape index (κ2) is 9.31. The largest absolute Gasteiger partial charge is 0.493 e. The number of hydrogen-bond acceptors (Lipinski definition) is 5. The van der Waals surface area contributed by atoms with Crippen molar-refractivity contribution in [3.63, 3.8) is 0 Å². The summed E-state index contributed by atoms with van der Waals surface area (Å²) in [5.74, 6) is 1.19. The van der Waals surface area contributed by atoms with Crippen molar-refractivity contribution in [2.45, 2.75) is 6.92 Å². The third-order valence-corrected chi connectivity index (χ3v) is 2.92. The van der Waals surface area contributed by atoms with Crippen molar-refractivity contribution in [2.24, 2.45) is 5.92 Å². The number of hydrogen-bond donors (Lipinski definition) is 2. The maximum atomic E-state index is 12.0. The number of nitrogens with one attached hydrogen (secondary N) is 2. The Balaban J connectivity index is 0.00000400. The first kappa shape index (κ1) is 19.3. The van der Waals surface area contributed by atoms with Gasteiger partial charge in [0.25, 0.3) is 0 Å². The zero-order chi connectivity index (χ0) is 15.1. The molecule has 1 aromatic rings. The highest BCUT2D eigenvalue weighted by molar-refractivity contribution is 5.94. The van der Waals surface area contributed by atoms with Crippen LogP contribution in [0.15, 0.2) is 12.1 Å². The van der Waals surface area contributed by atoms with Gasteiger partial charge in [-0.2, -0.15) is 0 Å². The monoisotopic (exact) mass is 318 g/mol. The molecule has 1 aromatic carbocycles. The molecule has 120 valence electrons. The van der Waals surface area contributed by atoms with Crippen LogP contribution in [0.2, 0.25) is 0 Å². The SMILES string of the molecule is CNCC(C)C(=O)Nc1ccc(OC)c(OC)c1OC.Cl. The molecule has 0 fully saturated rings. The molecule has 1 rings (SSSR count). The van der Waals surface area contributed by atoms with Gasteiger partial charge in [-0.25, -0.2) is 0 Å². The minimum absolute atomic E-state index is 0. The predicted octanol–water partition coefficient (Wildman–Crippen LogP) is 1.93. The van der Waals surface area contributed by atoms with Crippen molar-refractivity contribution >= 4 is 24.0 Å². The van der Waals surface area contributed by atoms with E-state index >= 15 is 0 Å². The average Bonchev–Trinajstić information content (AvgIpc) is 2.46. The molecule has 0 radical (unpaired) electrons. The van der Waals surface area contributed by atoms with Crippen molar-refractivity contribution in [1.82, 2.24) is 5.32 Å². The van der Waals surface area contributed by atoms with E-state index < -0.39 is 0 Å². The number of benzene rings is 1. The molecule has 1 amide bonds. The quantitative estimate of drug-likeness (QED) is 0.804. The van der Waals surface area contributed by atoms with Crippen molar-refractivity contribution in [2.75, 3.05) is 40.2 Å². The van der Waals surface area contributed by atoms with Crippen LogP contribution in [0.25, 0.3) is 0 Å². The molecule has 6 nitrogen and oxygen atoms in total. The van der Waals surface area contributed by atoms with Gasteiger partial charge in [-0.15, -0.1) is 12.4 Å². The minimum Gasteiger partial charge on any atom is -0.493 e. The van der Waals surface area contributed by atoms with Crippen molar-refractivity contribution in [3.8, 4) is 17.2 Å². The summed E-state index contributed by atoms with van der Waals surface area (Å²) >= 11 is 0. The van der Waals surface area contributed by atoms with Gasteiger partial charge in [0.05, 0.1) is 27.0 Å². The van der Waals surface area contributed by atoms with Crippen LogP contribution in [0, 0.1) is 5.92 Å². The van der Waals surface area contributed by atoms with Crippen LogP contribution in [0.3, 0.4) is 0 Å². The third-order valence-electron chi connectivity index (χ3n) is 2.92. The van der Waals surface area contributed by atoms with Gasteiger partial charge in [0, 0.05) is 12.5 Å². The van der Waals surface area contributed by atoms with Crippen molar-refractivity contribution in [3.05, 3.63) is 12.1 Å². The lowest BCUT2D eigenvalue weighted by molar-refractivity contribution is -0.119. The molecule has 0 saturated carbocycles. The maximum Gasteiger partial charge on any atom is 0.228 e. The Morgan fingerprint density at radius 1 is 1.14 bits per heavy atom.